The minimum absolute atomic E-state index is 0.00497. The van der Waals surface area contributed by atoms with E-state index >= 15 is 0 Å². The number of carbonyl (C=O) groups is 1. The highest BCUT2D eigenvalue weighted by molar-refractivity contribution is 5.70. The molecule has 1 saturated heterocycles. The third-order valence-electron chi connectivity index (χ3n) is 8.58. The fourth-order valence-corrected chi connectivity index (χ4v) is 6.83. The van der Waals surface area contributed by atoms with Crippen LogP contribution in [-0.2, 0) is 9.53 Å². The Bertz CT molecular complexity index is 499. The number of cyclic esters (lactones) is 1. The number of hydrogen-bond donors (Lipinski definition) is 1. The second-order valence-corrected chi connectivity index (χ2v) is 9.29. The van der Waals surface area contributed by atoms with E-state index < -0.39 is 5.60 Å². The van der Waals surface area contributed by atoms with Crippen LogP contribution in [0, 0.1) is 34.5 Å². The minimum Gasteiger partial charge on any atom is -0.465 e. The molecule has 4 aliphatic rings. The van der Waals surface area contributed by atoms with Crippen LogP contribution in [0.2, 0.25) is 0 Å². The van der Waals surface area contributed by atoms with Gasteiger partial charge in [0.1, 0.15) is 0 Å². The van der Waals surface area contributed by atoms with Crippen LogP contribution < -0.4 is 0 Å². The average molecular weight is 306 g/mol. The van der Waals surface area contributed by atoms with Gasteiger partial charge in [0.05, 0.1) is 12.2 Å². The highest BCUT2D eigenvalue weighted by Gasteiger charge is 2.63. The van der Waals surface area contributed by atoms with E-state index in [-0.39, 0.29) is 16.8 Å². The van der Waals surface area contributed by atoms with Crippen molar-refractivity contribution >= 4 is 5.97 Å². The van der Waals surface area contributed by atoms with Crippen LogP contribution in [0.5, 0.6) is 0 Å². The Kier molecular flexibility index (Phi) is 3.06. The number of aliphatic hydroxyl groups is 1. The summed E-state index contributed by atoms with van der Waals surface area (Å²) in [6.45, 7) is 7.38. The van der Waals surface area contributed by atoms with Crippen LogP contribution >= 0.6 is 0 Å². The van der Waals surface area contributed by atoms with Crippen molar-refractivity contribution in [2.24, 2.45) is 34.5 Å². The number of carbonyl (C=O) groups excluding carboxylic acids is 1. The molecule has 4 fully saturated rings. The molecule has 0 amide bonds. The molecule has 0 aromatic heterocycles. The predicted octanol–water partition coefficient (Wildman–Crippen LogP) is 3.54. The van der Waals surface area contributed by atoms with Crippen molar-refractivity contribution in [2.75, 3.05) is 6.61 Å². The van der Waals surface area contributed by atoms with Gasteiger partial charge in [-0.05, 0) is 74.5 Å². The zero-order chi connectivity index (χ0) is 15.8. The molecule has 3 nitrogen and oxygen atoms in total. The van der Waals surface area contributed by atoms with Gasteiger partial charge in [-0.15, -0.1) is 0 Å². The third-order valence-corrected chi connectivity index (χ3v) is 8.58. The number of hydrogen-bond acceptors (Lipinski definition) is 3. The van der Waals surface area contributed by atoms with E-state index in [1.807, 2.05) is 0 Å². The maximum absolute atomic E-state index is 11.7. The zero-order valence-electron chi connectivity index (χ0n) is 14.2. The quantitative estimate of drug-likeness (QED) is 0.696. The maximum Gasteiger partial charge on any atom is 0.306 e. The normalized spacial score (nSPS) is 57.5. The molecule has 0 aromatic rings. The Morgan fingerprint density at radius 3 is 2.55 bits per heavy atom. The monoisotopic (exact) mass is 306 g/mol. The van der Waals surface area contributed by atoms with Crippen LogP contribution in [0.4, 0.5) is 0 Å². The van der Waals surface area contributed by atoms with E-state index in [0.717, 1.165) is 12.8 Å². The van der Waals surface area contributed by atoms with Gasteiger partial charge in [0.2, 0.25) is 0 Å². The topological polar surface area (TPSA) is 46.5 Å². The largest absolute Gasteiger partial charge is 0.465 e. The molecule has 0 aromatic carbocycles. The van der Waals surface area contributed by atoms with Gasteiger partial charge < -0.3 is 9.84 Å². The Morgan fingerprint density at radius 2 is 1.77 bits per heavy atom. The highest BCUT2D eigenvalue weighted by atomic mass is 16.5. The second kappa shape index (κ2) is 4.49. The van der Waals surface area contributed by atoms with Crippen molar-refractivity contribution in [1.29, 1.82) is 0 Å². The van der Waals surface area contributed by atoms with Gasteiger partial charge in [-0.3, -0.25) is 4.79 Å². The standard InChI is InChI=1S/C19H30O3/c1-17-11-22-16(20)10-12(17)4-5-13-14(17)6-8-18(2)15(13)7-9-19(18,3)21/h12-15,21H,4-11H2,1-3H3/t12-,13+,14-,15-,17-,18-,19?/m0/s1. The van der Waals surface area contributed by atoms with Gasteiger partial charge in [0, 0.05) is 11.8 Å². The van der Waals surface area contributed by atoms with Crippen molar-refractivity contribution in [2.45, 2.75) is 71.3 Å². The maximum atomic E-state index is 11.7. The first kappa shape index (κ1) is 15.0. The van der Waals surface area contributed by atoms with Crippen LogP contribution in [-0.4, -0.2) is 23.3 Å². The summed E-state index contributed by atoms with van der Waals surface area (Å²) in [6, 6.07) is 0. The molecule has 0 radical (unpaired) electrons. The number of fused-ring (bicyclic) bond motifs is 5. The lowest BCUT2D eigenvalue weighted by molar-refractivity contribution is -0.186. The molecule has 22 heavy (non-hydrogen) atoms. The van der Waals surface area contributed by atoms with E-state index in [0.29, 0.717) is 36.7 Å². The van der Waals surface area contributed by atoms with E-state index in [4.69, 9.17) is 4.74 Å². The molecule has 1 aliphatic heterocycles. The van der Waals surface area contributed by atoms with Crippen molar-refractivity contribution in [1.82, 2.24) is 0 Å². The molecular formula is C19H30O3. The van der Waals surface area contributed by atoms with Crippen LogP contribution in [0.1, 0.15) is 65.7 Å². The van der Waals surface area contributed by atoms with Crippen LogP contribution in [0.3, 0.4) is 0 Å². The molecular weight excluding hydrogens is 276 g/mol. The summed E-state index contributed by atoms with van der Waals surface area (Å²) in [6.07, 6.45) is 7.48. The van der Waals surface area contributed by atoms with Gasteiger partial charge in [-0.25, -0.2) is 0 Å². The molecule has 4 rings (SSSR count). The van der Waals surface area contributed by atoms with E-state index in [9.17, 15) is 9.90 Å². The predicted molar refractivity (Wildman–Crippen MR) is 84.1 cm³/mol. The van der Waals surface area contributed by atoms with Crippen molar-refractivity contribution < 1.29 is 14.6 Å². The lowest BCUT2D eigenvalue weighted by Gasteiger charge is -2.60. The third kappa shape index (κ3) is 1.75. The fourth-order valence-electron chi connectivity index (χ4n) is 6.83. The average Bonchev–Trinajstić information content (AvgIpc) is 2.70. The van der Waals surface area contributed by atoms with E-state index in [1.165, 1.54) is 25.7 Å². The number of rotatable bonds is 0. The Labute approximate surface area is 133 Å². The molecule has 0 bridgehead atoms. The molecule has 124 valence electrons. The summed E-state index contributed by atoms with van der Waals surface area (Å²) in [5, 5.41) is 10.9. The van der Waals surface area contributed by atoms with Gasteiger partial charge in [-0.2, -0.15) is 0 Å². The lowest BCUT2D eigenvalue weighted by Crippen LogP contribution is -2.57. The summed E-state index contributed by atoms with van der Waals surface area (Å²) in [5.74, 6) is 2.56. The molecule has 1 unspecified atom stereocenters. The van der Waals surface area contributed by atoms with Crippen molar-refractivity contribution in [3.63, 3.8) is 0 Å². The van der Waals surface area contributed by atoms with Gasteiger partial charge in [0.25, 0.3) is 0 Å². The van der Waals surface area contributed by atoms with Gasteiger partial charge in [0.15, 0.2) is 0 Å². The Morgan fingerprint density at radius 1 is 1.05 bits per heavy atom. The van der Waals surface area contributed by atoms with Gasteiger partial charge in [-0.1, -0.05) is 13.8 Å². The number of ether oxygens (including phenoxy) is 1. The van der Waals surface area contributed by atoms with E-state index in [1.54, 1.807) is 0 Å². The van der Waals surface area contributed by atoms with E-state index in [2.05, 4.69) is 20.8 Å². The first-order valence-electron chi connectivity index (χ1n) is 9.16. The molecule has 1 N–H and O–H groups in total. The van der Waals surface area contributed by atoms with Gasteiger partial charge >= 0.3 is 5.97 Å². The Hall–Kier alpha value is -0.570. The first-order valence-corrected chi connectivity index (χ1v) is 9.16. The molecule has 3 aliphatic carbocycles. The first-order chi connectivity index (χ1) is 10.3. The highest BCUT2D eigenvalue weighted by Crippen LogP contribution is 2.67. The van der Waals surface area contributed by atoms with Crippen molar-refractivity contribution in [3.05, 3.63) is 0 Å². The molecule has 1 heterocycles. The SMILES string of the molecule is CC1(O)CC[C@H]2[C@@H]3CC[C@H]4CC(=O)OC[C@]4(C)[C@H]3CC[C@@]21C. The lowest BCUT2D eigenvalue weighted by atomic mass is 9.46. The second-order valence-electron chi connectivity index (χ2n) is 9.29. The van der Waals surface area contributed by atoms with Crippen LogP contribution in [0.25, 0.3) is 0 Å². The summed E-state index contributed by atoms with van der Waals surface area (Å²) in [7, 11) is 0. The zero-order valence-corrected chi connectivity index (χ0v) is 14.2. The van der Waals surface area contributed by atoms with Crippen molar-refractivity contribution in [3.8, 4) is 0 Å². The molecule has 0 spiro atoms. The molecule has 7 atom stereocenters. The summed E-state index contributed by atoms with van der Waals surface area (Å²) in [4.78, 5) is 11.7. The Balaban J connectivity index is 1.65. The molecule has 3 heteroatoms. The summed E-state index contributed by atoms with van der Waals surface area (Å²) >= 11 is 0. The van der Waals surface area contributed by atoms with Crippen LogP contribution in [0.15, 0.2) is 0 Å². The smallest absolute Gasteiger partial charge is 0.306 e. The fraction of sp³-hybridized carbons (Fsp3) is 0.947. The minimum atomic E-state index is -0.501. The molecule has 3 saturated carbocycles. The summed E-state index contributed by atoms with van der Waals surface area (Å²) in [5.41, 5.74) is -0.241. The number of esters is 1. The summed E-state index contributed by atoms with van der Waals surface area (Å²) < 4.78 is 5.49.